The second-order valence-corrected chi connectivity index (χ2v) is 4.68. The summed E-state index contributed by atoms with van der Waals surface area (Å²) in [5.41, 5.74) is 5.39. The lowest BCUT2D eigenvalue weighted by Crippen LogP contribution is -2.65. The van der Waals surface area contributed by atoms with Gasteiger partial charge in [0.25, 0.3) is 0 Å². The minimum atomic E-state index is -4.53. The molecule has 0 saturated carbocycles. The first-order chi connectivity index (χ1) is 10.5. The van der Waals surface area contributed by atoms with Crippen LogP contribution in [-0.2, 0) is 4.74 Å². The van der Waals surface area contributed by atoms with Gasteiger partial charge < -0.3 is 4.74 Å². The standard InChI is InChI=1S/C13H28F4N4O/c1-3-5-8-19-21(20-9-6-11-22-4-2)12(13(15,16)17)18-10-7-14/h12,18-20H,3-11H2,1-2H3. The van der Waals surface area contributed by atoms with Gasteiger partial charge in [0.1, 0.15) is 6.67 Å². The summed E-state index contributed by atoms with van der Waals surface area (Å²) < 4.78 is 56.6. The first kappa shape index (κ1) is 21.5. The van der Waals surface area contributed by atoms with E-state index < -0.39 is 19.0 Å². The van der Waals surface area contributed by atoms with Gasteiger partial charge >= 0.3 is 6.18 Å². The molecule has 22 heavy (non-hydrogen) atoms. The van der Waals surface area contributed by atoms with Gasteiger partial charge in [0, 0.05) is 32.8 Å². The van der Waals surface area contributed by atoms with Crippen molar-refractivity contribution < 1.29 is 22.3 Å². The maximum Gasteiger partial charge on any atom is 0.419 e. The molecule has 1 atom stereocenters. The molecule has 0 heterocycles. The number of nitrogens with zero attached hydrogens (tertiary/aromatic N) is 1. The highest BCUT2D eigenvalue weighted by Gasteiger charge is 2.43. The van der Waals surface area contributed by atoms with Gasteiger partial charge in [-0.3, -0.25) is 5.32 Å². The Kier molecular flexibility index (Phi) is 12.7. The third-order valence-corrected chi connectivity index (χ3v) is 2.76. The van der Waals surface area contributed by atoms with E-state index >= 15 is 0 Å². The van der Waals surface area contributed by atoms with Crippen molar-refractivity contribution in [2.45, 2.75) is 45.5 Å². The van der Waals surface area contributed by atoms with Crippen molar-refractivity contribution in [3.8, 4) is 0 Å². The summed E-state index contributed by atoms with van der Waals surface area (Å²) >= 11 is 0. The molecule has 1 unspecified atom stereocenters. The number of hydrogen-bond donors (Lipinski definition) is 3. The summed E-state index contributed by atoms with van der Waals surface area (Å²) in [6, 6.07) is 0. The molecule has 9 heteroatoms. The highest BCUT2D eigenvalue weighted by Crippen LogP contribution is 2.21. The Hall–Kier alpha value is -0.480. The fourth-order valence-corrected chi connectivity index (χ4v) is 1.68. The number of unbranched alkanes of at least 4 members (excludes halogenated alkanes) is 1. The van der Waals surface area contributed by atoms with Crippen LogP contribution in [0.4, 0.5) is 17.6 Å². The largest absolute Gasteiger partial charge is 0.419 e. The molecule has 0 rings (SSSR count). The van der Waals surface area contributed by atoms with E-state index in [0.717, 1.165) is 18.0 Å². The van der Waals surface area contributed by atoms with E-state index in [1.165, 1.54) is 0 Å². The van der Waals surface area contributed by atoms with Crippen LogP contribution in [0.5, 0.6) is 0 Å². The van der Waals surface area contributed by atoms with E-state index in [0.29, 0.717) is 32.7 Å². The van der Waals surface area contributed by atoms with Crippen molar-refractivity contribution >= 4 is 0 Å². The first-order valence-electron chi connectivity index (χ1n) is 7.67. The first-order valence-corrected chi connectivity index (χ1v) is 7.67. The molecule has 0 fully saturated rings. The minimum Gasteiger partial charge on any atom is -0.382 e. The number of rotatable bonds is 14. The lowest BCUT2D eigenvalue weighted by Gasteiger charge is -2.34. The Morgan fingerprint density at radius 1 is 1.05 bits per heavy atom. The number of nitrogens with one attached hydrogen (secondary N) is 3. The van der Waals surface area contributed by atoms with Crippen LogP contribution in [-0.4, -0.2) is 57.0 Å². The SMILES string of the molecule is CCCCNN(NCCCOCC)C(NCCF)C(F)(F)F. The van der Waals surface area contributed by atoms with Crippen molar-refractivity contribution in [1.82, 2.24) is 21.3 Å². The number of ether oxygens (including phenoxy) is 1. The van der Waals surface area contributed by atoms with Crippen molar-refractivity contribution in [2.24, 2.45) is 0 Å². The summed E-state index contributed by atoms with van der Waals surface area (Å²) in [6.45, 7) is 4.34. The molecular weight excluding hydrogens is 304 g/mol. The molecule has 0 aliphatic heterocycles. The predicted octanol–water partition coefficient (Wildman–Crippen LogP) is 1.97. The highest BCUT2D eigenvalue weighted by molar-refractivity contribution is 4.72. The number of hydrazine groups is 2. The second kappa shape index (κ2) is 13.0. The molecule has 134 valence electrons. The Morgan fingerprint density at radius 3 is 2.18 bits per heavy atom. The van der Waals surface area contributed by atoms with E-state index in [1.807, 2.05) is 13.8 Å². The quantitative estimate of drug-likeness (QED) is 0.197. The van der Waals surface area contributed by atoms with E-state index in [2.05, 4.69) is 16.2 Å². The van der Waals surface area contributed by atoms with Crippen LogP contribution >= 0.6 is 0 Å². The molecule has 0 aliphatic carbocycles. The van der Waals surface area contributed by atoms with E-state index in [1.54, 1.807) is 0 Å². The van der Waals surface area contributed by atoms with Crippen molar-refractivity contribution in [3.63, 3.8) is 0 Å². The summed E-state index contributed by atoms with van der Waals surface area (Å²) in [4.78, 5) is 0. The fraction of sp³-hybridized carbons (Fsp3) is 1.00. The van der Waals surface area contributed by atoms with Gasteiger partial charge in [0.15, 0.2) is 6.17 Å². The second-order valence-electron chi connectivity index (χ2n) is 4.68. The summed E-state index contributed by atoms with van der Waals surface area (Å²) in [5, 5.41) is 3.04. The molecule has 3 N–H and O–H groups in total. The third-order valence-electron chi connectivity index (χ3n) is 2.76. The van der Waals surface area contributed by atoms with Crippen LogP contribution in [0.3, 0.4) is 0 Å². The lowest BCUT2D eigenvalue weighted by molar-refractivity contribution is -0.211. The zero-order chi connectivity index (χ0) is 16.8. The van der Waals surface area contributed by atoms with Gasteiger partial charge in [-0.2, -0.15) is 18.3 Å². The van der Waals surface area contributed by atoms with E-state index in [4.69, 9.17) is 4.74 Å². The Bertz CT molecular complexity index is 257. The fourth-order valence-electron chi connectivity index (χ4n) is 1.68. The average molecular weight is 332 g/mol. The molecule has 0 aromatic heterocycles. The van der Waals surface area contributed by atoms with Crippen molar-refractivity contribution in [1.29, 1.82) is 0 Å². The number of halogens is 4. The van der Waals surface area contributed by atoms with Gasteiger partial charge in [0.2, 0.25) is 0 Å². The van der Waals surface area contributed by atoms with Crippen LogP contribution in [0, 0.1) is 0 Å². The molecule has 0 bridgehead atoms. The predicted molar refractivity (Wildman–Crippen MR) is 77.7 cm³/mol. The smallest absolute Gasteiger partial charge is 0.382 e. The molecule has 0 saturated heterocycles. The molecule has 0 aromatic carbocycles. The minimum absolute atomic E-state index is 0.322. The van der Waals surface area contributed by atoms with Crippen LogP contribution in [0.1, 0.15) is 33.1 Å². The summed E-state index contributed by atoms with van der Waals surface area (Å²) in [5.74, 6) is 0. The van der Waals surface area contributed by atoms with Crippen LogP contribution in [0.2, 0.25) is 0 Å². The van der Waals surface area contributed by atoms with Crippen molar-refractivity contribution in [2.75, 3.05) is 39.5 Å². The maximum absolute atomic E-state index is 13.1. The van der Waals surface area contributed by atoms with Gasteiger partial charge in [-0.1, -0.05) is 13.3 Å². The topological polar surface area (TPSA) is 48.6 Å². The van der Waals surface area contributed by atoms with E-state index in [9.17, 15) is 17.6 Å². The monoisotopic (exact) mass is 332 g/mol. The molecule has 0 aliphatic rings. The molecule has 5 nitrogen and oxygen atoms in total. The molecule has 0 radical (unpaired) electrons. The lowest BCUT2D eigenvalue weighted by atomic mass is 10.3. The summed E-state index contributed by atoms with van der Waals surface area (Å²) in [7, 11) is 0. The van der Waals surface area contributed by atoms with Crippen LogP contribution in [0.25, 0.3) is 0 Å². The zero-order valence-electron chi connectivity index (χ0n) is 13.3. The Labute approximate surface area is 129 Å². The third kappa shape index (κ3) is 10.3. The molecular formula is C13H28F4N4O. The zero-order valence-corrected chi connectivity index (χ0v) is 13.3. The van der Waals surface area contributed by atoms with Crippen molar-refractivity contribution in [3.05, 3.63) is 0 Å². The average Bonchev–Trinajstić information content (AvgIpc) is 2.45. The normalized spacial score (nSPS) is 13.8. The Morgan fingerprint density at radius 2 is 1.68 bits per heavy atom. The van der Waals surface area contributed by atoms with E-state index in [-0.39, 0.29) is 6.54 Å². The molecule has 0 amide bonds. The highest BCUT2D eigenvalue weighted by atomic mass is 19.4. The van der Waals surface area contributed by atoms with Gasteiger partial charge in [0.05, 0.1) is 0 Å². The van der Waals surface area contributed by atoms with Crippen LogP contribution in [0.15, 0.2) is 0 Å². The maximum atomic E-state index is 13.1. The Balaban J connectivity index is 4.53. The van der Waals surface area contributed by atoms with Gasteiger partial charge in [-0.25, -0.2) is 15.2 Å². The molecule has 0 aromatic rings. The van der Waals surface area contributed by atoms with Gasteiger partial charge in [-0.15, -0.1) is 0 Å². The number of hydrogen-bond acceptors (Lipinski definition) is 5. The number of alkyl halides is 4. The summed E-state index contributed by atoms with van der Waals surface area (Å²) in [6.07, 6.45) is -4.34. The van der Waals surface area contributed by atoms with Gasteiger partial charge in [-0.05, 0) is 19.8 Å². The molecule has 0 spiro atoms. The van der Waals surface area contributed by atoms with Crippen LogP contribution < -0.4 is 16.2 Å².